The van der Waals surface area contributed by atoms with E-state index in [4.69, 9.17) is 15.5 Å². The van der Waals surface area contributed by atoms with Gasteiger partial charge in [0.2, 0.25) is 0 Å². The molecule has 0 radical (unpaired) electrons. The van der Waals surface area contributed by atoms with E-state index in [1.54, 1.807) is 0 Å². The molecule has 4 nitrogen and oxygen atoms in total. The lowest BCUT2D eigenvalue weighted by molar-refractivity contribution is 0.107. The highest BCUT2D eigenvalue weighted by Crippen LogP contribution is 2.41. The van der Waals surface area contributed by atoms with Crippen LogP contribution in [0.15, 0.2) is 4.99 Å². The summed E-state index contributed by atoms with van der Waals surface area (Å²) in [6.07, 6.45) is 14.2. The second kappa shape index (κ2) is 11.5. The van der Waals surface area contributed by atoms with Gasteiger partial charge in [0, 0.05) is 25.8 Å². The summed E-state index contributed by atoms with van der Waals surface area (Å²) in [7, 11) is 0. The third-order valence-electron chi connectivity index (χ3n) is 5.44. The molecule has 2 rings (SSSR count). The van der Waals surface area contributed by atoms with E-state index >= 15 is 0 Å². The second-order valence-electron chi connectivity index (χ2n) is 7.19. The first-order valence-corrected chi connectivity index (χ1v) is 9.38. The van der Waals surface area contributed by atoms with Crippen LogP contribution in [0, 0.1) is 5.41 Å². The van der Waals surface area contributed by atoms with E-state index in [9.17, 15) is 0 Å². The third kappa shape index (κ3) is 7.59. The fourth-order valence-corrected chi connectivity index (χ4v) is 3.98. The molecule has 0 atom stereocenters. The molecule has 0 aliphatic heterocycles. The standard InChI is InChI=1S/C18H35N3O.HI/c1-2-22-14-13-18(11-7-8-12-18)15-20-17(19)21-16-9-5-3-4-6-10-16;/h16H,2-15H2,1H3,(H3,19,20,21);1H. The number of aliphatic imine (C=N–C) groups is 1. The van der Waals surface area contributed by atoms with Gasteiger partial charge in [-0.25, -0.2) is 0 Å². The second-order valence-corrected chi connectivity index (χ2v) is 7.19. The van der Waals surface area contributed by atoms with Crippen LogP contribution in [0.4, 0.5) is 0 Å². The minimum atomic E-state index is 0. The number of nitrogens with zero attached hydrogens (tertiary/aromatic N) is 1. The smallest absolute Gasteiger partial charge is 0.188 e. The molecule has 0 aromatic heterocycles. The Kier molecular flexibility index (Phi) is 10.5. The van der Waals surface area contributed by atoms with Crippen LogP contribution >= 0.6 is 24.0 Å². The number of ether oxygens (including phenoxy) is 1. The zero-order chi connectivity index (χ0) is 15.7. The van der Waals surface area contributed by atoms with Gasteiger partial charge in [0.25, 0.3) is 0 Å². The van der Waals surface area contributed by atoms with Crippen LogP contribution in [0.3, 0.4) is 0 Å². The summed E-state index contributed by atoms with van der Waals surface area (Å²) < 4.78 is 5.57. The predicted molar refractivity (Wildman–Crippen MR) is 109 cm³/mol. The van der Waals surface area contributed by atoms with Crippen LogP contribution < -0.4 is 11.1 Å². The molecule has 0 spiro atoms. The molecule has 0 saturated heterocycles. The Balaban J connectivity index is 0.00000264. The summed E-state index contributed by atoms with van der Waals surface area (Å²) in [6, 6.07) is 0.536. The maximum Gasteiger partial charge on any atom is 0.188 e. The maximum atomic E-state index is 6.16. The summed E-state index contributed by atoms with van der Waals surface area (Å²) in [5, 5.41) is 3.46. The van der Waals surface area contributed by atoms with Crippen LogP contribution in [0.2, 0.25) is 0 Å². The molecular weight excluding hydrogens is 401 g/mol. The van der Waals surface area contributed by atoms with Crippen molar-refractivity contribution in [3.63, 3.8) is 0 Å². The van der Waals surface area contributed by atoms with Crippen LogP contribution in [0.1, 0.15) is 77.6 Å². The molecule has 0 heterocycles. The summed E-state index contributed by atoms with van der Waals surface area (Å²) in [5.74, 6) is 0.662. The maximum absolute atomic E-state index is 6.16. The Morgan fingerprint density at radius 3 is 2.39 bits per heavy atom. The summed E-state index contributed by atoms with van der Waals surface area (Å²) >= 11 is 0. The Bertz CT molecular complexity index is 335. The van der Waals surface area contributed by atoms with Gasteiger partial charge in [0.1, 0.15) is 0 Å². The minimum absolute atomic E-state index is 0. The van der Waals surface area contributed by atoms with Crippen molar-refractivity contribution in [2.24, 2.45) is 16.1 Å². The molecule has 5 heteroatoms. The highest BCUT2D eigenvalue weighted by molar-refractivity contribution is 14.0. The number of guanidine groups is 1. The zero-order valence-electron chi connectivity index (χ0n) is 14.8. The van der Waals surface area contributed by atoms with Crippen molar-refractivity contribution in [3.05, 3.63) is 0 Å². The molecule has 0 aromatic rings. The molecule has 0 aromatic carbocycles. The van der Waals surface area contributed by atoms with E-state index < -0.39 is 0 Å². The van der Waals surface area contributed by atoms with Gasteiger partial charge in [-0.1, -0.05) is 38.5 Å². The fourth-order valence-electron chi connectivity index (χ4n) is 3.98. The molecule has 136 valence electrons. The number of nitrogens with one attached hydrogen (secondary N) is 1. The topological polar surface area (TPSA) is 59.6 Å². The summed E-state index contributed by atoms with van der Waals surface area (Å²) in [4.78, 5) is 4.71. The van der Waals surface area contributed by atoms with Crippen LogP contribution in [-0.2, 0) is 4.74 Å². The summed E-state index contributed by atoms with van der Waals surface area (Å²) in [6.45, 7) is 4.60. The highest BCUT2D eigenvalue weighted by atomic mass is 127. The minimum Gasteiger partial charge on any atom is -0.382 e. The molecule has 2 aliphatic rings. The van der Waals surface area contributed by atoms with Gasteiger partial charge in [0.05, 0.1) is 0 Å². The average molecular weight is 437 g/mol. The van der Waals surface area contributed by atoms with Crippen LogP contribution in [0.5, 0.6) is 0 Å². The molecule has 3 N–H and O–H groups in total. The lowest BCUT2D eigenvalue weighted by Gasteiger charge is -2.27. The van der Waals surface area contributed by atoms with Crippen molar-refractivity contribution >= 4 is 29.9 Å². The fraction of sp³-hybridized carbons (Fsp3) is 0.944. The van der Waals surface area contributed by atoms with Crippen molar-refractivity contribution in [2.45, 2.75) is 83.6 Å². The van der Waals surface area contributed by atoms with Crippen molar-refractivity contribution in [1.82, 2.24) is 5.32 Å². The predicted octanol–water partition coefficient (Wildman–Crippen LogP) is 4.22. The van der Waals surface area contributed by atoms with Gasteiger partial charge in [-0.2, -0.15) is 0 Å². The first kappa shape index (κ1) is 21.0. The molecule has 2 saturated carbocycles. The molecule has 23 heavy (non-hydrogen) atoms. The van der Waals surface area contributed by atoms with Crippen molar-refractivity contribution in [2.75, 3.05) is 19.8 Å². The monoisotopic (exact) mass is 437 g/mol. The van der Waals surface area contributed by atoms with Crippen molar-refractivity contribution < 1.29 is 4.74 Å². The van der Waals surface area contributed by atoms with E-state index in [1.165, 1.54) is 64.2 Å². The van der Waals surface area contributed by atoms with Gasteiger partial charge >= 0.3 is 0 Å². The van der Waals surface area contributed by atoms with Gasteiger partial charge < -0.3 is 15.8 Å². The Morgan fingerprint density at radius 2 is 1.78 bits per heavy atom. The van der Waals surface area contributed by atoms with Crippen LogP contribution in [-0.4, -0.2) is 31.8 Å². The third-order valence-corrected chi connectivity index (χ3v) is 5.44. The Morgan fingerprint density at radius 1 is 1.13 bits per heavy atom. The molecule has 2 fully saturated rings. The summed E-state index contributed by atoms with van der Waals surface area (Å²) in [5.41, 5.74) is 6.49. The normalized spacial score (nSPS) is 22.4. The van der Waals surface area contributed by atoms with Gasteiger partial charge in [-0.3, -0.25) is 4.99 Å². The first-order chi connectivity index (χ1) is 10.7. The molecular formula is C18H36IN3O. The lowest BCUT2D eigenvalue weighted by atomic mass is 9.83. The first-order valence-electron chi connectivity index (χ1n) is 9.38. The van der Waals surface area contributed by atoms with E-state index in [0.717, 1.165) is 26.2 Å². The van der Waals surface area contributed by atoms with Gasteiger partial charge in [0.15, 0.2) is 5.96 Å². The zero-order valence-corrected chi connectivity index (χ0v) is 17.1. The SMILES string of the molecule is CCOCCC1(CN=C(N)NC2CCCCCC2)CCCC1.I. The lowest BCUT2D eigenvalue weighted by Crippen LogP contribution is -2.40. The Hall–Kier alpha value is -0.0400. The highest BCUT2D eigenvalue weighted by Gasteiger charge is 2.33. The van der Waals surface area contributed by atoms with E-state index in [-0.39, 0.29) is 24.0 Å². The van der Waals surface area contributed by atoms with Gasteiger partial charge in [-0.15, -0.1) is 24.0 Å². The van der Waals surface area contributed by atoms with E-state index in [0.29, 0.717) is 17.4 Å². The number of rotatable bonds is 7. The number of hydrogen-bond donors (Lipinski definition) is 2. The molecule has 0 bridgehead atoms. The number of nitrogens with two attached hydrogens (primary N) is 1. The van der Waals surface area contributed by atoms with Crippen molar-refractivity contribution in [3.8, 4) is 0 Å². The quantitative estimate of drug-likeness (QED) is 0.206. The van der Waals surface area contributed by atoms with Crippen LogP contribution in [0.25, 0.3) is 0 Å². The van der Waals surface area contributed by atoms with E-state index in [1.807, 2.05) is 0 Å². The van der Waals surface area contributed by atoms with Crippen molar-refractivity contribution in [1.29, 1.82) is 0 Å². The number of halogens is 1. The molecule has 0 amide bonds. The Labute approximate surface area is 159 Å². The molecule has 2 aliphatic carbocycles. The molecule has 0 unspecified atom stereocenters. The van der Waals surface area contributed by atoms with E-state index in [2.05, 4.69) is 12.2 Å². The number of hydrogen-bond acceptors (Lipinski definition) is 2. The largest absolute Gasteiger partial charge is 0.382 e. The average Bonchev–Trinajstić information content (AvgIpc) is 2.83. The van der Waals surface area contributed by atoms with Gasteiger partial charge in [-0.05, 0) is 44.4 Å².